The molecule has 0 radical (unpaired) electrons. The first-order valence-electron chi connectivity index (χ1n) is 8.34. The van der Waals surface area contributed by atoms with Gasteiger partial charge in [0.1, 0.15) is 0 Å². The highest BCUT2D eigenvalue weighted by Crippen LogP contribution is 2.59. The van der Waals surface area contributed by atoms with E-state index in [1.54, 1.807) is 0 Å². The van der Waals surface area contributed by atoms with E-state index in [-0.39, 0.29) is 29.1 Å². The lowest BCUT2D eigenvalue weighted by atomic mass is 9.88. The zero-order chi connectivity index (χ0) is 15.7. The monoisotopic (exact) mass is 308 g/mol. The van der Waals surface area contributed by atoms with Crippen LogP contribution in [0.4, 0.5) is 4.79 Å². The summed E-state index contributed by atoms with van der Waals surface area (Å²) in [6, 6.07) is 0. The number of nitrogens with zero attached hydrogens (tertiary/aromatic N) is 1. The number of piperidine rings is 1. The molecule has 2 saturated carbocycles. The Bertz CT molecular complexity index is 477. The number of imide groups is 1. The molecule has 6 heteroatoms. The molecule has 3 aliphatic rings. The van der Waals surface area contributed by atoms with Crippen LogP contribution in [0.25, 0.3) is 0 Å². The average Bonchev–Trinajstić information content (AvgIpc) is 3.22. The van der Waals surface area contributed by atoms with Crippen molar-refractivity contribution in [1.82, 2.24) is 10.2 Å². The van der Waals surface area contributed by atoms with E-state index in [0.717, 1.165) is 44.9 Å². The van der Waals surface area contributed by atoms with Crippen LogP contribution in [0.15, 0.2) is 0 Å². The minimum Gasteiger partial charge on any atom is -0.465 e. The molecule has 1 aliphatic heterocycles. The van der Waals surface area contributed by atoms with E-state index in [1.807, 2.05) is 0 Å². The van der Waals surface area contributed by atoms with E-state index >= 15 is 0 Å². The Morgan fingerprint density at radius 3 is 2.23 bits per heavy atom. The Balaban J connectivity index is 1.48. The van der Waals surface area contributed by atoms with Crippen LogP contribution in [0.5, 0.6) is 0 Å². The molecule has 0 bridgehead atoms. The Hall–Kier alpha value is -1.59. The molecule has 1 unspecified atom stereocenters. The molecule has 0 aromatic carbocycles. The first kappa shape index (κ1) is 15.3. The van der Waals surface area contributed by atoms with Gasteiger partial charge in [-0.1, -0.05) is 19.3 Å². The van der Waals surface area contributed by atoms with Crippen molar-refractivity contribution in [2.75, 3.05) is 13.1 Å². The van der Waals surface area contributed by atoms with E-state index in [4.69, 9.17) is 5.11 Å². The molecule has 2 N–H and O–H groups in total. The summed E-state index contributed by atoms with van der Waals surface area (Å²) in [4.78, 5) is 36.8. The van der Waals surface area contributed by atoms with Gasteiger partial charge in [0, 0.05) is 24.9 Å². The molecule has 1 saturated heterocycles. The lowest BCUT2D eigenvalue weighted by Gasteiger charge is -2.30. The first-order valence-corrected chi connectivity index (χ1v) is 8.34. The maximum atomic E-state index is 12.3. The number of hydrogen-bond donors (Lipinski definition) is 2. The minimum absolute atomic E-state index is 0.00116. The number of nitrogens with one attached hydrogen (secondary N) is 1. The lowest BCUT2D eigenvalue weighted by molar-refractivity contribution is -0.134. The second-order valence-electron chi connectivity index (χ2n) is 7.08. The van der Waals surface area contributed by atoms with Crippen LogP contribution >= 0.6 is 0 Å². The van der Waals surface area contributed by atoms with Gasteiger partial charge in [0.25, 0.3) is 0 Å². The number of hydrogen-bond acceptors (Lipinski definition) is 3. The van der Waals surface area contributed by atoms with Crippen molar-refractivity contribution in [3.63, 3.8) is 0 Å². The van der Waals surface area contributed by atoms with Crippen LogP contribution in [-0.4, -0.2) is 41.0 Å². The van der Waals surface area contributed by atoms with Gasteiger partial charge in [-0.25, -0.2) is 4.79 Å². The fourth-order valence-electron chi connectivity index (χ4n) is 4.09. The molecule has 1 atom stereocenters. The van der Waals surface area contributed by atoms with E-state index in [1.165, 1.54) is 11.3 Å². The highest BCUT2D eigenvalue weighted by atomic mass is 16.4. The maximum Gasteiger partial charge on any atom is 0.407 e. The predicted molar refractivity (Wildman–Crippen MR) is 79.1 cm³/mol. The van der Waals surface area contributed by atoms with Crippen molar-refractivity contribution in [3.8, 4) is 0 Å². The fourth-order valence-corrected chi connectivity index (χ4v) is 4.09. The molecule has 2 aliphatic carbocycles. The summed E-state index contributed by atoms with van der Waals surface area (Å²) < 4.78 is 0. The molecule has 0 aromatic heterocycles. The maximum absolute atomic E-state index is 12.3. The smallest absolute Gasteiger partial charge is 0.407 e. The molecule has 1 heterocycles. The molecule has 1 spiro atoms. The van der Waals surface area contributed by atoms with Crippen molar-refractivity contribution in [2.24, 2.45) is 17.3 Å². The van der Waals surface area contributed by atoms with E-state index in [2.05, 4.69) is 5.32 Å². The van der Waals surface area contributed by atoms with Crippen LogP contribution in [-0.2, 0) is 9.59 Å². The topological polar surface area (TPSA) is 86.7 Å². The normalized spacial score (nSPS) is 27.5. The van der Waals surface area contributed by atoms with E-state index in [9.17, 15) is 14.4 Å². The fraction of sp³-hybridized carbons (Fsp3) is 0.812. The van der Waals surface area contributed by atoms with Gasteiger partial charge in [-0.3, -0.25) is 14.9 Å². The highest BCUT2D eigenvalue weighted by Gasteiger charge is 2.59. The highest BCUT2D eigenvalue weighted by molar-refractivity contribution is 5.98. The SMILES string of the molecule is O=C(NC(=O)C1CC12CCN(C(=O)O)CC2)C1CCCCC1. The zero-order valence-corrected chi connectivity index (χ0v) is 12.8. The molecule has 22 heavy (non-hydrogen) atoms. The summed E-state index contributed by atoms with van der Waals surface area (Å²) >= 11 is 0. The van der Waals surface area contributed by atoms with Gasteiger partial charge in [0.2, 0.25) is 11.8 Å². The Labute approximate surface area is 130 Å². The summed E-state index contributed by atoms with van der Waals surface area (Å²) in [6.45, 7) is 0.991. The number of carbonyl (C=O) groups excluding carboxylic acids is 2. The van der Waals surface area contributed by atoms with Gasteiger partial charge >= 0.3 is 6.09 Å². The second kappa shape index (κ2) is 5.89. The number of carbonyl (C=O) groups is 3. The summed E-state index contributed by atoms with van der Waals surface area (Å²) in [7, 11) is 0. The second-order valence-corrected chi connectivity index (χ2v) is 7.08. The minimum atomic E-state index is -0.885. The van der Waals surface area contributed by atoms with Gasteiger partial charge in [-0.2, -0.15) is 0 Å². The third kappa shape index (κ3) is 2.96. The molecular formula is C16H24N2O4. The Morgan fingerprint density at radius 1 is 1.00 bits per heavy atom. The summed E-state index contributed by atoms with van der Waals surface area (Å²) in [5.41, 5.74) is -0.0527. The molecular weight excluding hydrogens is 284 g/mol. The number of rotatable bonds is 2. The van der Waals surface area contributed by atoms with Crippen molar-refractivity contribution >= 4 is 17.9 Å². The summed E-state index contributed by atoms with van der Waals surface area (Å²) in [5, 5.41) is 11.6. The van der Waals surface area contributed by atoms with Crippen LogP contribution in [0.3, 0.4) is 0 Å². The third-order valence-electron chi connectivity index (χ3n) is 5.76. The van der Waals surface area contributed by atoms with Crippen molar-refractivity contribution in [2.45, 2.75) is 51.4 Å². The predicted octanol–water partition coefficient (Wildman–Crippen LogP) is 1.99. The third-order valence-corrected chi connectivity index (χ3v) is 5.76. The number of likely N-dealkylation sites (tertiary alicyclic amines) is 1. The van der Waals surface area contributed by atoms with Gasteiger partial charge in [-0.05, 0) is 37.5 Å². The van der Waals surface area contributed by atoms with Gasteiger partial charge in [0.05, 0.1) is 0 Å². The van der Waals surface area contributed by atoms with Crippen LogP contribution in [0.1, 0.15) is 51.4 Å². The van der Waals surface area contributed by atoms with Gasteiger partial charge < -0.3 is 10.0 Å². The van der Waals surface area contributed by atoms with Gasteiger partial charge in [-0.15, -0.1) is 0 Å². The molecule has 3 rings (SSSR count). The van der Waals surface area contributed by atoms with Crippen LogP contribution < -0.4 is 5.32 Å². The van der Waals surface area contributed by atoms with Crippen LogP contribution in [0, 0.1) is 17.3 Å². The average molecular weight is 308 g/mol. The van der Waals surface area contributed by atoms with Gasteiger partial charge in [0.15, 0.2) is 0 Å². The molecule has 0 aromatic rings. The van der Waals surface area contributed by atoms with E-state index in [0.29, 0.717) is 13.1 Å². The van der Waals surface area contributed by atoms with E-state index < -0.39 is 6.09 Å². The Kier molecular flexibility index (Phi) is 4.10. The molecule has 6 nitrogen and oxygen atoms in total. The summed E-state index contributed by atoms with van der Waals surface area (Å²) in [5.74, 6) is -0.341. The lowest BCUT2D eigenvalue weighted by Crippen LogP contribution is -2.41. The first-order chi connectivity index (χ1) is 10.5. The number of amides is 3. The van der Waals surface area contributed by atoms with Crippen LogP contribution in [0.2, 0.25) is 0 Å². The number of carboxylic acid groups (broad SMARTS) is 1. The standard InChI is InChI=1S/C16H24N2O4/c19-13(11-4-2-1-3-5-11)17-14(20)12-10-16(12)6-8-18(9-7-16)15(21)22/h11-12H,1-10H2,(H,21,22)(H,17,19,20). The summed E-state index contributed by atoms with van der Waals surface area (Å²) in [6.07, 6.45) is 6.49. The van der Waals surface area contributed by atoms with Crippen molar-refractivity contribution in [3.05, 3.63) is 0 Å². The van der Waals surface area contributed by atoms with Crippen molar-refractivity contribution in [1.29, 1.82) is 0 Å². The quantitative estimate of drug-likeness (QED) is 0.764. The molecule has 122 valence electrons. The zero-order valence-electron chi connectivity index (χ0n) is 12.8. The largest absolute Gasteiger partial charge is 0.465 e. The Morgan fingerprint density at radius 2 is 1.64 bits per heavy atom. The molecule has 3 amide bonds. The van der Waals surface area contributed by atoms with Crippen molar-refractivity contribution < 1.29 is 19.5 Å². The molecule has 3 fully saturated rings.